The van der Waals surface area contributed by atoms with E-state index in [-0.39, 0.29) is 17.2 Å². The number of halogens is 1. The van der Waals surface area contributed by atoms with Crippen molar-refractivity contribution in [3.63, 3.8) is 0 Å². The van der Waals surface area contributed by atoms with Crippen molar-refractivity contribution < 1.29 is 27.5 Å². The lowest BCUT2D eigenvalue weighted by Gasteiger charge is -2.30. The van der Waals surface area contributed by atoms with Crippen LogP contribution in [0.5, 0.6) is 5.75 Å². The first-order valence-electron chi connectivity index (χ1n) is 9.41. The molecule has 0 bridgehead atoms. The number of sulfonamides is 1. The van der Waals surface area contributed by atoms with E-state index in [1.165, 1.54) is 35.7 Å². The summed E-state index contributed by atoms with van der Waals surface area (Å²) in [5.74, 6) is -1.03. The van der Waals surface area contributed by atoms with Gasteiger partial charge in [-0.2, -0.15) is 4.31 Å². The summed E-state index contributed by atoms with van der Waals surface area (Å²) in [6, 6.07) is 12.5. The fourth-order valence-electron chi connectivity index (χ4n) is 3.24. The maximum atomic E-state index is 12.8. The molecule has 7 nitrogen and oxygen atoms in total. The molecule has 3 rings (SSSR count). The number of piperidine rings is 1. The van der Waals surface area contributed by atoms with Crippen molar-refractivity contribution in [2.24, 2.45) is 5.92 Å². The van der Waals surface area contributed by atoms with E-state index in [1.807, 2.05) is 0 Å². The van der Waals surface area contributed by atoms with Crippen LogP contribution in [0.1, 0.15) is 23.2 Å². The molecule has 160 valence electrons. The molecule has 0 aromatic heterocycles. The summed E-state index contributed by atoms with van der Waals surface area (Å²) in [7, 11) is -2.24. The minimum atomic E-state index is -3.74. The van der Waals surface area contributed by atoms with Crippen molar-refractivity contribution in [3.8, 4) is 5.75 Å². The first-order valence-corrected chi connectivity index (χ1v) is 11.2. The first-order chi connectivity index (χ1) is 14.3. The zero-order chi connectivity index (χ0) is 21.7. The average molecular weight is 452 g/mol. The van der Waals surface area contributed by atoms with Crippen LogP contribution in [-0.2, 0) is 19.6 Å². The lowest BCUT2D eigenvalue weighted by molar-refractivity contribution is -0.148. The molecule has 2 aromatic rings. The fraction of sp³-hybridized carbons (Fsp3) is 0.333. The summed E-state index contributed by atoms with van der Waals surface area (Å²) in [6.45, 7) is -0.0823. The minimum Gasteiger partial charge on any atom is -0.497 e. The van der Waals surface area contributed by atoms with Crippen LogP contribution in [0.25, 0.3) is 0 Å². The van der Waals surface area contributed by atoms with Crippen LogP contribution in [0.2, 0.25) is 5.02 Å². The SMILES string of the molecule is COc1cccc(C(=O)COC(=O)C2CCCN(S(=O)(=O)c3ccc(Cl)cc3)C2)c1. The Hall–Kier alpha value is -2.42. The van der Waals surface area contributed by atoms with E-state index in [2.05, 4.69) is 0 Å². The smallest absolute Gasteiger partial charge is 0.310 e. The van der Waals surface area contributed by atoms with E-state index in [4.69, 9.17) is 21.1 Å². The van der Waals surface area contributed by atoms with Crippen molar-refractivity contribution in [1.29, 1.82) is 0 Å². The van der Waals surface area contributed by atoms with E-state index in [0.717, 1.165) is 0 Å². The number of hydrogen-bond donors (Lipinski definition) is 0. The maximum absolute atomic E-state index is 12.8. The molecule has 0 spiro atoms. The second-order valence-electron chi connectivity index (χ2n) is 6.92. The summed E-state index contributed by atoms with van der Waals surface area (Å²) >= 11 is 5.83. The van der Waals surface area contributed by atoms with Crippen molar-refractivity contribution in [3.05, 3.63) is 59.1 Å². The Bertz CT molecular complexity index is 1020. The molecule has 30 heavy (non-hydrogen) atoms. The number of esters is 1. The van der Waals surface area contributed by atoms with Crippen molar-refractivity contribution in [2.45, 2.75) is 17.7 Å². The number of nitrogens with zero attached hydrogens (tertiary/aromatic N) is 1. The Morgan fingerprint density at radius 2 is 1.90 bits per heavy atom. The highest BCUT2D eigenvalue weighted by atomic mass is 35.5. The van der Waals surface area contributed by atoms with Gasteiger partial charge >= 0.3 is 5.97 Å². The van der Waals surface area contributed by atoms with Crippen LogP contribution in [-0.4, -0.2) is 51.3 Å². The number of carbonyl (C=O) groups is 2. The van der Waals surface area contributed by atoms with Crippen LogP contribution in [0.4, 0.5) is 0 Å². The molecule has 1 atom stereocenters. The van der Waals surface area contributed by atoms with Gasteiger partial charge < -0.3 is 9.47 Å². The summed E-state index contributed by atoms with van der Waals surface area (Å²) in [5, 5.41) is 0.440. The summed E-state index contributed by atoms with van der Waals surface area (Å²) < 4.78 is 37.2. The number of rotatable bonds is 7. The number of methoxy groups -OCH3 is 1. The summed E-state index contributed by atoms with van der Waals surface area (Å²) in [6.07, 6.45) is 1.02. The van der Waals surface area contributed by atoms with Crippen molar-refractivity contribution in [2.75, 3.05) is 26.8 Å². The van der Waals surface area contributed by atoms with Gasteiger partial charge in [0, 0.05) is 23.7 Å². The Labute approximate surface area is 180 Å². The molecule has 0 N–H and O–H groups in total. The zero-order valence-electron chi connectivity index (χ0n) is 16.4. The highest BCUT2D eigenvalue weighted by Crippen LogP contribution is 2.25. The molecule has 1 heterocycles. The average Bonchev–Trinajstić information content (AvgIpc) is 2.77. The largest absolute Gasteiger partial charge is 0.497 e. The van der Waals surface area contributed by atoms with Crippen LogP contribution in [0, 0.1) is 5.92 Å². The number of ketones is 1. The van der Waals surface area contributed by atoms with Gasteiger partial charge in [-0.1, -0.05) is 23.7 Å². The standard InChI is InChI=1S/C21H22ClNO6S/c1-28-18-6-2-4-15(12-18)20(24)14-29-21(25)16-5-3-11-23(13-16)30(26,27)19-9-7-17(22)8-10-19/h2,4,6-10,12,16H,3,5,11,13-14H2,1H3. The van der Waals surface area contributed by atoms with Gasteiger partial charge in [0.25, 0.3) is 0 Å². The quantitative estimate of drug-likeness (QED) is 0.474. The van der Waals surface area contributed by atoms with Crippen molar-refractivity contribution in [1.82, 2.24) is 4.31 Å². The van der Waals surface area contributed by atoms with E-state index < -0.39 is 28.5 Å². The number of benzene rings is 2. The number of Topliss-reactive ketones (excluding diaryl/α,β-unsaturated/α-hetero) is 1. The first kappa shape index (κ1) is 22.3. The predicted molar refractivity (Wildman–Crippen MR) is 111 cm³/mol. The lowest BCUT2D eigenvalue weighted by atomic mass is 10.00. The van der Waals surface area contributed by atoms with Gasteiger partial charge in [0.05, 0.1) is 17.9 Å². The minimum absolute atomic E-state index is 0.0111. The molecule has 0 aliphatic carbocycles. The summed E-state index contributed by atoms with van der Waals surface area (Å²) in [5.41, 5.74) is 0.373. The van der Waals surface area contributed by atoms with E-state index in [9.17, 15) is 18.0 Å². The van der Waals surface area contributed by atoms with Crippen LogP contribution < -0.4 is 4.74 Å². The molecular weight excluding hydrogens is 430 g/mol. The monoisotopic (exact) mass is 451 g/mol. The molecule has 1 fully saturated rings. The molecule has 0 saturated carbocycles. The molecular formula is C21H22ClNO6S. The van der Waals surface area contributed by atoms with Crippen LogP contribution >= 0.6 is 11.6 Å². The molecule has 2 aromatic carbocycles. The third-order valence-electron chi connectivity index (χ3n) is 4.91. The maximum Gasteiger partial charge on any atom is 0.310 e. The molecule has 9 heteroatoms. The van der Waals surface area contributed by atoms with Crippen LogP contribution in [0.15, 0.2) is 53.4 Å². The van der Waals surface area contributed by atoms with Gasteiger partial charge in [-0.05, 0) is 49.2 Å². The van der Waals surface area contributed by atoms with E-state index >= 15 is 0 Å². The molecule has 0 amide bonds. The summed E-state index contributed by atoms with van der Waals surface area (Å²) in [4.78, 5) is 24.9. The van der Waals surface area contributed by atoms with Crippen LogP contribution in [0.3, 0.4) is 0 Å². The van der Waals surface area contributed by atoms with Crippen molar-refractivity contribution >= 4 is 33.4 Å². The Balaban J connectivity index is 1.61. The number of carbonyl (C=O) groups excluding carboxylic acids is 2. The molecule has 1 aliphatic heterocycles. The molecule has 1 saturated heterocycles. The van der Waals surface area contributed by atoms with Gasteiger partial charge in [-0.3, -0.25) is 9.59 Å². The Morgan fingerprint density at radius 3 is 2.60 bits per heavy atom. The normalized spacial score (nSPS) is 17.3. The van der Waals surface area contributed by atoms with E-state index in [0.29, 0.717) is 35.7 Å². The fourth-order valence-corrected chi connectivity index (χ4v) is 4.89. The predicted octanol–water partition coefficient (Wildman–Crippen LogP) is 3.18. The zero-order valence-corrected chi connectivity index (χ0v) is 18.0. The third kappa shape index (κ3) is 5.19. The second-order valence-corrected chi connectivity index (χ2v) is 9.29. The van der Waals surface area contributed by atoms with Gasteiger partial charge in [0.15, 0.2) is 12.4 Å². The molecule has 1 unspecified atom stereocenters. The third-order valence-corrected chi connectivity index (χ3v) is 7.04. The van der Waals surface area contributed by atoms with Gasteiger partial charge in [0.1, 0.15) is 5.75 Å². The highest BCUT2D eigenvalue weighted by molar-refractivity contribution is 7.89. The second kappa shape index (κ2) is 9.59. The van der Waals surface area contributed by atoms with E-state index in [1.54, 1.807) is 24.3 Å². The topological polar surface area (TPSA) is 90.0 Å². The molecule has 1 aliphatic rings. The Morgan fingerprint density at radius 1 is 1.17 bits per heavy atom. The van der Waals surface area contributed by atoms with Gasteiger partial charge in [0.2, 0.25) is 10.0 Å². The van der Waals surface area contributed by atoms with Gasteiger partial charge in [-0.25, -0.2) is 8.42 Å². The molecule has 0 radical (unpaired) electrons. The number of ether oxygens (including phenoxy) is 2. The Kier molecular flexibility index (Phi) is 7.12. The number of hydrogen-bond acceptors (Lipinski definition) is 6. The highest BCUT2D eigenvalue weighted by Gasteiger charge is 2.34. The van der Waals surface area contributed by atoms with Gasteiger partial charge in [-0.15, -0.1) is 0 Å². The lowest BCUT2D eigenvalue weighted by Crippen LogP contribution is -2.42.